The number of hydrogen-bond donors (Lipinski definition) is 2. The maximum atomic E-state index is 5.73. The zero-order valence-corrected chi connectivity index (χ0v) is 10.8. The van der Waals surface area contributed by atoms with Gasteiger partial charge >= 0.3 is 0 Å². The van der Waals surface area contributed by atoms with Crippen LogP contribution in [0, 0.1) is 0 Å². The molecule has 0 radical (unpaired) electrons. The van der Waals surface area contributed by atoms with Gasteiger partial charge in [0.25, 0.3) is 0 Å². The van der Waals surface area contributed by atoms with Crippen LogP contribution >= 0.6 is 0 Å². The Hall–Kier alpha value is -1.88. The molecular weight excluding hydrogens is 240 g/mol. The van der Waals surface area contributed by atoms with Crippen LogP contribution in [0.3, 0.4) is 0 Å². The van der Waals surface area contributed by atoms with Crippen molar-refractivity contribution in [2.45, 2.75) is 25.4 Å². The minimum atomic E-state index is 0.304. The van der Waals surface area contributed by atoms with Crippen molar-refractivity contribution in [2.75, 3.05) is 24.2 Å². The predicted molar refractivity (Wildman–Crippen MR) is 76.0 cm³/mol. The van der Waals surface area contributed by atoms with Gasteiger partial charge in [-0.15, -0.1) is 0 Å². The highest BCUT2D eigenvalue weighted by Gasteiger charge is 2.15. The number of rotatable bonds is 4. The molecular formula is C14H18N4O. The second-order valence-electron chi connectivity index (χ2n) is 4.80. The Morgan fingerprint density at radius 2 is 2.21 bits per heavy atom. The van der Waals surface area contributed by atoms with Crippen molar-refractivity contribution in [3.05, 3.63) is 24.3 Å². The van der Waals surface area contributed by atoms with Gasteiger partial charge in [-0.2, -0.15) is 4.98 Å². The van der Waals surface area contributed by atoms with Crippen LogP contribution in [-0.4, -0.2) is 29.2 Å². The molecule has 1 aromatic heterocycles. The highest BCUT2D eigenvalue weighted by atomic mass is 16.5. The third-order valence-electron chi connectivity index (χ3n) is 3.40. The molecule has 19 heavy (non-hydrogen) atoms. The highest BCUT2D eigenvalue weighted by Crippen LogP contribution is 2.21. The average Bonchev–Trinajstić information content (AvgIpc) is 2.91. The molecule has 0 bridgehead atoms. The molecule has 0 saturated carbocycles. The third kappa shape index (κ3) is 2.76. The van der Waals surface area contributed by atoms with Gasteiger partial charge in [-0.05, 0) is 31.4 Å². The topological polar surface area (TPSA) is 73.1 Å². The van der Waals surface area contributed by atoms with Crippen molar-refractivity contribution in [2.24, 2.45) is 0 Å². The van der Waals surface area contributed by atoms with Crippen molar-refractivity contribution < 1.29 is 4.74 Å². The van der Waals surface area contributed by atoms with Crippen LogP contribution < -0.4 is 11.1 Å². The first-order valence-electron chi connectivity index (χ1n) is 6.70. The van der Waals surface area contributed by atoms with Gasteiger partial charge in [0.2, 0.25) is 5.95 Å². The Morgan fingerprint density at radius 3 is 3.05 bits per heavy atom. The molecule has 3 rings (SSSR count). The minimum Gasteiger partial charge on any atom is -0.378 e. The van der Waals surface area contributed by atoms with E-state index in [2.05, 4.69) is 15.3 Å². The van der Waals surface area contributed by atoms with Crippen molar-refractivity contribution >= 4 is 22.7 Å². The van der Waals surface area contributed by atoms with Crippen molar-refractivity contribution in [3.8, 4) is 0 Å². The van der Waals surface area contributed by atoms with E-state index >= 15 is 0 Å². The molecule has 1 atom stereocenters. The monoisotopic (exact) mass is 258 g/mol. The van der Waals surface area contributed by atoms with Crippen molar-refractivity contribution in [3.63, 3.8) is 0 Å². The fraction of sp³-hybridized carbons (Fsp3) is 0.429. The summed E-state index contributed by atoms with van der Waals surface area (Å²) in [5, 5.41) is 4.35. The van der Waals surface area contributed by atoms with Gasteiger partial charge in [0.1, 0.15) is 5.82 Å². The number of aromatic nitrogens is 2. The van der Waals surface area contributed by atoms with Crippen LogP contribution in [0.5, 0.6) is 0 Å². The molecule has 0 aliphatic carbocycles. The van der Waals surface area contributed by atoms with Gasteiger partial charge in [-0.3, -0.25) is 0 Å². The van der Waals surface area contributed by atoms with Gasteiger partial charge in [-0.1, -0.05) is 12.1 Å². The van der Waals surface area contributed by atoms with Crippen molar-refractivity contribution in [1.29, 1.82) is 0 Å². The van der Waals surface area contributed by atoms with E-state index in [1.807, 2.05) is 24.3 Å². The molecule has 1 fully saturated rings. The van der Waals surface area contributed by atoms with Crippen LogP contribution in [0.15, 0.2) is 24.3 Å². The van der Waals surface area contributed by atoms with E-state index in [0.29, 0.717) is 12.1 Å². The molecule has 100 valence electrons. The van der Waals surface area contributed by atoms with Crippen molar-refractivity contribution in [1.82, 2.24) is 9.97 Å². The van der Waals surface area contributed by atoms with Crippen LogP contribution in [0.25, 0.3) is 10.9 Å². The molecule has 2 heterocycles. The normalized spacial score (nSPS) is 18.8. The standard InChI is InChI=1S/C14H18N4O/c15-14-17-12-6-2-1-5-11(12)13(18-14)16-8-7-10-4-3-9-19-10/h1-2,5-6,10H,3-4,7-9H2,(H3,15,16,17,18). The molecule has 5 nitrogen and oxygen atoms in total. The van der Waals surface area contributed by atoms with E-state index in [0.717, 1.165) is 42.7 Å². The molecule has 3 N–H and O–H groups in total. The first-order chi connectivity index (χ1) is 9.33. The number of para-hydroxylation sites is 1. The summed E-state index contributed by atoms with van der Waals surface area (Å²) in [4.78, 5) is 8.50. The van der Waals surface area contributed by atoms with Crippen LogP contribution in [0.1, 0.15) is 19.3 Å². The molecule has 1 aliphatic heterocycles. The minimum absolute atomic E-state index is 0.304. The molecule has 5 heteroatoms. The lowest BCUT2D eigenvalue weighted by atomic mass is 10.2. The number of nitrogens with one attached hydrogen (secondary N) is 1. The zero-order chi connectivity index (χ0) is 13.1. The van der Waals surface area contributed by atoms with Gasteiger partial charge in [-0.25, -0.2) is 4.98 Å². The summed E-state index contributed by atoms with van der Waals surface area (Å²) in [7, 11) is 0. The Morgan fingerprint density at radius 1 is 1.32 bits per heavy atom. The Labute approximate surface area is 112 Å². The number of ether oxygens (including phenoxy) is 1. The zero-order valence-electron chi connectivity index (χ0n) is 10.8. The average molecular weight is 258 g/mol. The van der Waals surface area contributed by atoms with Crippen LogP contribution in [-0.2, 0) is 4.74 Å². The summed E-state index contributed by atoms with van der Waals surface area (Å²) in [5.41, 5.74) is 6.60. The van der Waals surface area contributed by atoms with Gasteiger partial charge < -0.3 is 15.8 Å². The number of nitrogen functional groups attached to an aromatic ring is 1. The highest BCUT2D eigenvalue weighted by molar-refractivity contribution is 5.89. The predicted octanol–water partition coefficient (Wildman–Crippen LogP) is 2.19. The fourth-order valence-electron chi connectivity index (χ4n) is 2.45. The largest absolute Gasteiger partial charge is 0.378 e. The maximum Gasteiger partial charge on any atom is 0.222 e. The molecule has 2 aromatic rings. The maximum absolute atomic E-state index is 5.73. The fourth-order valence-corrected chi connectivity index (χ4v) is 2.45. The molecule has 0 amide bonds. The summed E-state index contributed by atoms with van der Waals surface area (Å²) >= 11 is 0. The van der Waals surface area contributed by atoms with Gasteiger partial charge in [0.05, 0.1) is 11.6 Å². The Kier molecular flexibility index (Phi) is 3.46. The van der Waals surface area contributed by atoms with E-state index in [1.165, 1.54) is 6.42 Å². The molecule has 0 spiro atoms. The smallest absolute Gasteiger partial charge is 0.222 e. The number of hydrogen-bond acceptors (Lipinski definition) is 5. The lowest BCUT2D eigenvalue weighted by Crippen LogP contribution is -2.13. The summed E-state index contributed by atoms with van der Waals surface area (Å²) in [5.74, 6) is 1.11. The third-order valence-corrected chi connectivity index (χ3v) is 3.40. The number of benzene rings is 1. The molecule has 1 aliphatic rings. The lowest BCUT2D eigenvalue weighted by molar-refractivity contribution is 0.107. The second kappa shape index (κ2) is 5.40. The Bertz CT molecular complexity index is 566. The summed E-state index contributed by atoms with van der Waals surface area (Å²) in [6.07, 6.45) is 3.72. The van der Waals surface area contributed by atoms with E-state index in [9.17, 15) is 0 Å². The SMILES string of the molecule is Nc1nc(NCCC2CCCO2)c2ccccc2n1. The number of fused-ring (bicyclic) bond motifs is 1. The number of nitrogens with zero attached hydrogens (tertiary/aromatic N) is 2. The second-order valence-corrected chi connectivity index (χ2v) is 4.80. The van der Waals surface area contributed by atoms with Crippen LogP contribution in [0.2, 0.25) is 0 Å². The molecule has 1 aromatic carbocycles. The van der Waals surface area contributed by atoms with E-state index in [1.54, 1.807) is 0 Å². The first-order valence-corrected chi connectivity index (χ1v) is 6.70. The quantitative estimate of drug-likeness (QED) is 0.879. The summed E-state index contributed by atoms with van der Waals surface area (Å²) in [6.45, 7) is 1.74. The number of anilines is 2. The van der Waals surface area contributed by atoms with Crippen LogP contribution in [0.4, 0.5) is 11.8 Å². The Balaban J connectivity index is 1.72. The van der Waals surface area contributed by atoms with E-state index < -0.39 is 0 Å². The summed E-state index contributed by atoms with van der Waals surface area (Å²) < 4.78 is 5.60. The summed E-state index contributed by atoms with van der Waals surface area (Å²) in [6, 6.07) is 7.87. The molecule has 1 unspecified atom stereocenters. The molecule has 1 saturated heterocycles. The number of nitrogens with two attached hydrogens (primary N) is 1. The van der Waals surface area contributed by atoms with E-state index in [-0.39, 0.29) is 0 Å². The first kappa shape index (κ1) is 12.2. The van der Waals surface area contributed by atoms with E-state index in [4.69, 9.17) is 10.5 Å². The lowest BCUT2D eigenvalue weighted by Gasteiger charge is -2.12. The van der Waals surface area contributed by atoms with Gasteiger partial charge in [0.15, 0.2) is 0 Å². The van der Waals surface area contributed by atoms with Gasteiger partial charge in [0, 0.05) is 18.5 Å².